The molecule has 0 aliphatic heterocycles. The van der Waals surface area contributed by atoms with Gasteiger partial charge < -0.3 is 10.3 Å². The van der Waals surface area contributed by atoms with E-state index in [-0.39, 0.29) is 11.6 Å². The molecule has 1 aromatic carbocycles. The summed E-state index contributed by atoms with van der Waals surface area (Å²) in [6.07, 6.45) is 3.10. The first-order chi connectivity index (χ1) is 8.91. The zero-order chi connectivity index (χ0) is 14.0. The molecule has 0 atom stereocenters. The average molecular weight is 261 g/mol. The van der Waals surface area contributed by atoms with Crippen molar-refractivity contribution in [1.29, 1.82) is 0 Å². The van der Waals surface area contributed by atoms with Crippen molar-refractivity contribution >= 4 is 11.6 Å². The summed E-state index contributed by atoms with van der Waals surface area (Å²) >= 11 is 0. The molecule has 5 heteroatoms. The number of hydrogen-bond acceptors (Lipinski definition) is 2. The van der Waals surface area contributed by atoms with E-state index < -0.39 is 11.2 Å². The molecular weight excluding hydrogens is 245 g/mol. The largest absolute Gasteiger partial charge is 0.348 e. The molecule has 0 aliphatic rings. The number of nitrogens with zero attached hydrogens (tertiary/aromatic N) is 1. The van der Waals surface area contributed by atoms with Gasteiger partial charge in [-0.1, -0.05) is 6.07 Å². The molecule has 1 amide bonds. The Kier molecular flexibility index (Phi) is 3.38. The highest BCUT2D eigenvalue weighted by Gasteiger charge is 2.31. The first-order valence-corrected chi connectivity index (χ1v) is 5.97. The molecule has 2 N–H and O–H groups in total. The lowest BCUT2D eigenvalue weighted by Gasteiger charge is -2.22. The molecule has 0 unspecified atom stereocenters. The third kappa shape index (κ3) is 2.65. The normalized spacial score (nSPS) is 11.4. The van der Waals surface area contributed by atoms with Crippen LogP contribution in [0.1, 0.15) is 25.1 Å². The van der Waals surface area contributed by atoms with Gasteiger partial charge in [0.05, 0.1) is 17.4 Å². The molecule has 2 aromatic rings. The van der Waals surface area contributed by atoms with E-state index in [1.165, 1.54) is 12.4 Å². The Balaban J connectivity index is 2.21. The van der Waals surface area contributed by atoms with E-state index in [1.54, 1.807) is 39.1 Å². The van der Waals surface area contributed by atoms with E-state index in [4.69, 9.17) is 0 Å². The van der Waals surface area contributed by atoms with Crippen LogP contribution < -0.4 is 5.32 Å². The minimum Gasteiger partial charge on any atom is -0.348 e. The number of nitrogens with one attached hydrogen (secondary N) is 2. The van der Waals surface area contributed by atoms with Crippen molar-refractivity contribution in [3.8, 4) is 0 Å². The molecule has 1 aromatic heterocycles. The summed E-state index contributed by atoms with van der Waals surface area (Å²) in [6.45, 7) is 5.30. The number of aromatic amines is 1. The smallest absolute Gasteiger partial charge is 0.236 e. The zero-order valence-corrected chi connectivity index (χ0v) is 11.1. The maximum atomic E-state index is 13.7. The molecule has 0 saturated heterocycles. The highest BCUT2D eigenvalue weighted by Crippen LogP contribution is 2.24. The quantitative estimate of drug-likeness (QED) is 0.892. The fourth-order valence-electron chi connectivity index (χ4n) is 1.72. The van der Waals surface area contributed by atoms with Gasteiger partial charge in [0, 0.05) is 11.9 Å². The topological polar surface area (TPSA) is 57.8 Å². The maximum absolute atomic E-state index is 13.7. The van der Waals surface area contributed by atoms with Crippen molar-refractivity contribution in [3.05, 3.63) is 47.8 Å². The molecule has 2 rings (SSSR count). The molecule has 0 radical (unpaired) electrons. The SMILES string of the molecule is Cc1ccc(NC(=O)C(C)(C)c2cnc[nH]2)c(F)c1. The van der Waals surface area contributed by atoms with Gasteiger partial charge in [-0.15, -0.1) is 0 Å². The summed E-state index contributed by atoms with van der Waals surface area (Å²) in [5.74, 6) is -0.728. The van der Waals surface area contributed by atoms with Crippen molar-refractivity contribution < 1.29 is 9.18 Å². The van der Waals surface area contributed by atoms with Crippen molar-refractivity contribution in [1.82, 2.24) is 9.97 Å². The second-order valence-electron chi connectivity index (χ2n) is 5.03. The van der Waals surface area contributed by atoms with E-state index in [0.717, 1.165) is 5.56 Å². The number of aryl methyl sites for hydroxylation is 1. The van der Waals surface area contributed by atoms with Crippen LogP contribution in [0.5, 0.6) is 0 Å². The number of carbonyl (C=O) groups excluding carboxylic acids is 1. The predicted octanol–water partition coefficient (Wildman–Crippen LogP) is 2.77. The van der Waals surface area contributed by atoms with E-state index in [0.29, 0.717) is 5.69 Å². The standard InChI is InChI=1S/C14H16FN3O/c1-9-4-5-11(10(15)6-9)18-13(19)14(2,3)12-7-16-8-17-12/h4-8H,1-3H3,(H,16,17)(H,18,19). The fourth-order valence-corrected chi connectivity index (χ4v) is 1.72. The van der Waals surface area contributed by atoms with Crippen LogP contribution in [0.4, 0.5) is 10.1 Å². The molecular formula is C14H16FN3O. The Hall–Kier alpha value is -2.17. The lowest BCUT2D eigenvalue weighted by atomic mass is 9.88. The summed E-state index contributed by atoms with van der Waals surface area (Å²) in [5.41, 5.74) is 0.859. The monoisotopic (exact) mass is 261 g/mol. The third-order valence-electron chi connectivity index (χ3n) is 3.11. The lowest BCUT2D eigenvalue weighted by Crippen LogP contribution is -2.35. The Labute approximate surface area is 111 Å². The highest BCUT2D eigenvalue weighted by atomic mass is 19.1. The minimum absolute atomic E-state index is 0.184. The number of H-pyrrole nitrogens is 1. The minimum atomic E-state index is -0.812. The molecule has 0 saturated carbocycles. The zero-order valence-electron chi connectivity index (χ0n) is 11.1. The number of carbonyl (C=O) groups is 1. The molecule has 0 bridgehead atoms. The van der Waals surface area contributed by atoms with E-state index in [1.807, 2.05) is 0 Å². The summed E-state index contributed by atoms with van der Waals surface area (Å²) in [5, 5.41) is 2.60. The predicted molar refractivity (Wildman–Crippen MR) is 71.4 cm³/mol. The number of imidazole rings is 1. The van der Waals surface area contributed by atoms with E-state index >= 15 is 0 Å². The Morgan fingerprint density at radius 1 is 1.42 bits per heavy atom. The summed E-state index contributed by atoms with van der Waals surface area (Å²) < 4.78 is 13.7. The van der Waals surface area contributed by atoms with Gasteiger partial charge in [-0.25, -0.2) is 9.37 Å². The summed E-state index contributed by atoms with van der Waals surface area (Å²) in [6, 6.07) is 4.70. The van der Waals surface area contributed by atoms with Crippen LogP contribution in [0.25, 0.3) is 0 Å². The number of rotatable bonds is 3. The number of halogens is 1. The first kappa shape index (κ1) is 13.3. The third-order valence-corrected chi connectivity index (χ3v) is 3.11. The van der Waals surface area contributed by atoms with E-state index in [2.05, 4.69) is 15.3 Å². The highest BCUT2D eigenvalue weighted by molar-refractivity contribution is 5.98. The summed E-state index contributed by atoms with van der Waals surface area (Å²) in [7, 11) is 0. The second kappa shape index (κ2) is 4.84. The molecule has 0 aliphatic carbocycles. The molecule has 1 heterocycles. The number of anilines is 1. The maximum Gasteiger partial charge on any atom is 0.236 e. The van der Waals surface area contributed by atoms with Crippen molar-refractivity contribution in [2.45, 2.75) is 26.2 Å². The van der Waals surface area contributed by atoms with Gasteiger partial charge >= 0.3 is 0 Å². The van der Waals surface area contributed by atoms with Crippen LogP contribution in [-0.2, 0) is 10.2 Å². The van der Waals surface area contributed by atoms with Gasteiger partial charge in [-0.05, 0) is 38.5 Å². The van der Waals surface area contributed by atoms with Gasteiger partial charge in [0.25, 0.3) is 0 Å². The van der Waals surface area contributed by atoms with Gasteiger partial charge in [0.15, 0.2) is 0 Å². The summed E-state index contributed by atoms with van der Waals surface area (Å²) in [4.78, 5) is 19.0. The van der Waals surface area contributed by atoms with Crippen LogP contribution >= 0.6 is 0 Å². The molecule has 19 heavy (non-hydrogen) atoms. The second-order valence-corrected chi connectivity index (χ2v) is 5.03. The van der Waals surface area contributed by atoms with Crippen molar-refractivity contribution in [3.63, 3.8) is 0 Å². The van der Waals surface area contributed by atoms with E-state index in [9.17, 15) is 9.18 Å². The molecule has 0 spiro atoms. The Morgan fingerprint density at radius 2 is 2.16 bits per heavy atom. The first-order valence-electron chi connectivity index (χ1n) is 5.97. The average Bonchev–Trinajstić information content (AvgIpc) is 2.86. The van der Waals surface area contributed by atoms with Crippen LogP contribution in [0.15, 0.2) is 30.7 Å². The number of hydrogen-bond donors (Lipinski definition) is 2. The van der Waals surface area contributed by atoms with Crippen LogP contribution in [0.2, 0.25) is 0 Å². The molecule has 100 valence electrons. The van der Waals surface area contributed by atoms with Crippen molar-refractivity contribution in [2.75, 3.05) is 5.32 Å². The van der Waals surface area contributed by atoms with Crippen LogP contribution in [-0.4, -0.2) is 15.9 Å². The Bertz CT molecular complexity index is 591. The molecule has 4 nitrogen and oxygen atoms in total. The van der Waals surface area contributed by atoms with Crippen LogP contribution in [0, 0.1) is 12.7 Å². The number of aromatic nitrogens is 2. The van der Waals surface area contributed by atoms with Gasteiger partial charge in [0.2, 0.25) is 5.91 Å². The number of benzene rings is 1. The number of amides is 1. The van der Waals surface area contributed by atoms with Crippen LogP contribution in [0.3, 0.4) is 0 Å². The fraction of sp³-hybridized carbons (Fsp3) is 0.286. The van der Waals surface area contributed by atoms with Gasteiger partial charge in [-0.3, -0.25) is 4.79 Å². The van der Waals surface area contributed by atoms with Gasteiger partial charge in [0.1, 0.15) is 5.82 Å². The lowest BCUT2D eigenvalue weighted by molar-refractivity contribution is -0.120. The van der Waals surface area contributed by atoms with Crippen molar-refractivity contribution in [2.24, 2.45) is 0 Å². The van der Waals surface area contributed by atoms with Gasteiger partial charge in [-0.2, -0.15) is 0 Å². The molecule has 0 fully saturated rings. The Morgan fingerprint density at radius 3 is 2.74 bits per heavy atom.